The van der Waals surface area contributed by atoms with E-state index in [1.165, 1.54) is 28.3 Å². The average Bonchev–Trinajstić information content (AvgIpc) is 2.86. The lowest BCUT2D eigenvalue weighted by Gasteiger charge is -2.25. The second-order valence-corrected chi connectivity index (χ2v) is 8.86. The maximum atomic E-state index is 13.7. The van der Waals surface area contributed by atoms with Crippen LogP contribution in [0.15, 0.2) is 105 Å². The van der Waals surface area contributed by atoms with E-state index >= 15 is 0 Å². The van der Waals surface area contributed by atoms with E-state index in [1.54, 1.807) is 0 Å². The molecular weight excluding hydrogens is 448 g/mol. The molecule has 0 spiro atoms. The third-order valence-corrected chi connectivity index (χ3v) is 6.64. The molecule has 1 heterocycles. The predicted molar refractivity (Wildman–Crippen MR) is 136 cm³/mol. The Bertz CT molecular complexity index is 1390. The molecule has 34 heavy (non-hydrogen) atoms. The molecule has 0 saturated carbocycles. The Kier molecular flexibility index (Phi) is 6.98. The van der Waals surface area contributed by atoms with E-state index < -0.39 is 16.5 Å². The van der Waals surface area contributed by atoms with Crippen LogP contribution in [0.25, 0.3) is 0 Å². The zero-order chi connectivity index (χ0) is 24.1. The Morgan fingerprint density at radius 1 is 0.941 bits per heavy atom. The van der Waals surface area contributed by atoms with Crippen LogP contribution >= 0.6 is 11.8 Å². The lowest BCUT2D eigenvalue weighted by Crippen LogP contribution is -2.40. The Morgan fingerprint density at radius 2 is 1.50 bits per heavy atom. The van der Waals surface area contributed by atoms with Crippen molar-refractivity contribution in [1.29, 1.82) is 0 Å². The highest BCUT2D eigenvalue weighted by atomic mass is 32.2. The number of amides is 1. The van der Waals surface area contributed by atoms with Crippen molar-refractivity contribution in [2.24, 2.45) is 0 Å². The minimum absolute atomic E-state index is 0.0601. The van der Waals surface area contributed by atoms with Gasteiger partial charge >= 0.3 is 5.69 Å². The van der Waals surface area contributed by atoms with Gasteiger partial charge in [-0.2, -0.15) is 0 Å². The molecule has 0 fully saturated rings. The topological polar surface area (TPSA) is 101 Å². The largest absolute Gasteiger partial charge is 0.383 e. The molecule has 0 aliphatic heterocycles. The van der Waals surface area contributed by atoms with Gasteiger partial charge in [0.15, 0.2) is 5.69 Å². The number of hydrogen-bond acceptors (Lipinski definition) is 5. The first-order valence-corrected chi connectivity index (χ1v) is 11.5. The molecule has 172 valence electrons. The molecular formula is C26H24N4O3S. The number of nitrogens with one attached hydrogen (secondary N) is 1. The van der Waals surface area contributed by atoms with Crippen LogP contribution in [-0.2, 0) is 11.3 Å². The number of benzene rings is 3. The number of nitrogen functional groups attached to an aromatic ring is 1. The summed E-state index contributed by atoms with van der Waals surface area (Å²) in [6, 6.07) is 28.2. The summed E-state index contributed by atoms with van der Waals surface area (Å²) in [5, 5.41) is -0.623. The van der Waals surface area contributed by atoms with Crippen LogP contribution < -0.4 is 21.9 Å². The van der Waals surface area contributed by atoms with Crippen LogP contribution in [0.4, 0.5) is 11.5 Å². The standard InChI is InChI=1S/C26H24N4O3S/c1-29(21-23(27)30(26(33)28-24(21)31)17-18-11-5-2-6-12-18)25(32)22(19-13-7-3-8-14-19)34-20-15-9-4-10-16-20/h2-16,22H,17,27H2,1H3,(H,28,31,33). The first-order valence-electron chi connectivity index (χ1n) is 10.7. The fraction of sp³-hybridized carbons (Fsp3) is 0.115. The summed E-state index contributed by atoms with van der Waals surface area (Å²) < 4.78 is 1.26. The molecule has 1 aromatic heterocycles. The second-order valence-electron chi connectivity index (χ2n) is 7.68. The Labute approximate surface area is 200 Å². The van der Waals surface area contributed by atoms with Gasteiger partial charge in [0.25, 0.3) is 5.56 Å². The maximum absolute atomic E-state index is 13.7. The number of aromatic amines is 1. The molecule has 0 aliphatic rings. The van der Waals surface area contributed by atoms with Crippen molar-refractivity contribution >= 4 is 29.2 Å². The van der Waals surface area contributed by atoms with Gasteiger partial charge in [0, 0.05) is 11.9 Å². The Hall–Kier alpha value is -4.04. The summed E-state index contributed by atoms with van der Waals surface area (Å²) in [5.41, 5.74) is 6.54. The van der Waals surface area contributed by atoms with Crippen LogP contribution in [0.5, 0.6) is 0 Å². The summed E-state index contributed by atoms with van der Waals surface area (Å²) in [4.78, 5) is 43.5. The van der Waals surface area contributed by atoms with Crippen molar-refractivity contribution < 1.29 is 4.79 Å². The van der Waals surface area contributed by atoms with E-state index in [-0.39, 0.29) is 24.0 Å². The van der Waals surface area contributed by atoms with E-state index in [0.717, 1.165) is 16.0 Å². The summed E-state index contributed by atoms with van der Waals surface area (Å²) >= 11 is 1.38. The summed E-state index contributed by atoms with van der Waals surface area (Å²) in [6.45, 7) is 0.165. The fourth-order valence-electron chi connectivity index (χ4n) is 3.63. The highest BCUT2D eigenvalue weighted by Gasteiger charge is 2.29. The molecule has 1 atom stereocenters. The van der Waals surface area contributed by atoms with Crippen molar-refractivity contribution in [2.45, 2.75) is 16.7 Å². The number of likely N-dealkylation sites (N-methyl/N-ethyl adjacent to an activating group) is 1. The van der Waals surface area contributed by atoms with Gasteiger partial charge in [-0.15, -0.1) is 11.8 Å². The molecule has 1 amide bonds. The van der Waals surface area contributed by atoms with Crippen molar-refractivity contribution in [3.63, 3.8) is 0 Å². The number of carbonyl (C=O) groups is 1. The minimum Gasteiger partial charge on any atom is -0.383 e. The molecule has 0 bridgehead atoms. The minimum atomic E-state index is -0.709. The van der Waals surface area contributed by atoms with E-state index in [1.807, 2.05) is 91.0 Å². The van der Waals surface area contributed by atoms with E-state index in [2.05, 4.69) is 4.98 Å². The number of H-pyrrole nitrogens is 1. The van der Waals surface area contributed by atoms with Crippen LogP contribution in [-0.4, -0.2) is 22.5 Å². The van der Waals surface area contributed by atoms with Crippen LogP contribution in [0.1, 0.15) is 16.4 Å². The van der Waals surface area contributed by atoms with Gasteiger partial charge in [0.1, 0.15) is 11.1 Å². The summed E-state index contributed by atoms with van der Waals surface area (Å²) in [6.07, 6.45) is 0. The normalized spacial score (nSPS) is 11.7. The van der Waals surface area contributed by atoms with Gasteiger partial charge in [-0.1, -0.05) is 78.9 Å². The number of nitrogens with two attached hydrogens (primary N) is 1. The number of aromatic nitrogens is 2. The van der Waals surface area contributed by atoms with Crippen LogP contribution in [0.2, 0.25) is 0 Å². The number of nitrogens with zero attached hydrogens (tertiary/aromatic N) is 2. The molecule has 1 unspecified atom stereocenters. The summed E-state index contributed by atoms with van der Waals surface area (Å²) in [7, 11) is 1.50. The monoisotopic (exact) mass is 472 g/mol. The van der Waals surface area contributed by atoms with E-state index in [9.17, 15) is 14.4 Å². The quantitative estimate of drug-likeness (QED) is 0.400. The molecule has 0 radical (unpaired) electrons. The van der Waals surface area contributed by atoms with Crippen molar-refractivity contribution in [3.05, 3.63) is 123 Å². The third kappa shape index (κ3) is 4.97. The van der Waals surface area contributed by atoms with Gasteiger partial charge in [-0.05, 0) is 23.3 Å². The predicted octanol–water partition coefficient (Wildman–Crippen LogP) is 3.66. The molecule has 4 aromatic rings. The Balaban J connectivity index is 1.73. The van der Waals surface area contributed by atoms with Crippen molar-refractivity contribution in [3.8, 4) is 0 Å². The molecule has 0 aliphatic carbocycles. The average molecular weight is 473 g/mol. The number of thioether (sulfide) groups is 1. The zero-order valence-electron chi connectivity index (χ0n) is 18.5. The maximum Gasteiger partial charge on any atom is 0.330 e. The first-order chi connectivity index (χ1) is 16.5. The van der Waals surface area contributed by atoms with Gasteiger partial charge in [-0.25, -0.2) is 4.79 Å². The lowest BCUT2D eigenvalue weighted by molar-refractivity contribution is -0.117. The molecule has 3 aromatic carbocycles. The number of anilines is 2. The van der Waals surface area contributed by atoms with Crippen LogP contribution in [0, 0.1) is 0 Å². The Morgan fingerprint density at radius 3 is 2.12 bits per heavy atom. The highest BCUT2D eigenvalue weighted by molar-refractivity contribution is 8.00. The third-order valence-electron chi connectivity index (χ3n) is 5.39. The van der Waals surface area contributed by atoms with Gasteiger partial charge in [0.2, 0.25) is 5.91 Å². The second kappa shape index (κ2) is 10.3. The molecule has 3 N–H and O–H groups in total. The molecule has 4 rings (SSSR count). The van der Waals surface area contributed by atoms with Gasteiger partial charge in [0.05, 0.1) is 6.54 Å². The molecule has 7 nitrogen and oxygen atoms in total. The van der Waals surface area contributed by atoms with E-state index in [4.69, 9.17) is 5.73 Å². The summed E-state index contributed by atoms with van der Waals surface area (Å²) in [5.74, 6) is -0.396. The van der Waals surface area contributed by atoms with Crippen molar-refractivity contribution in [1.82, 2.24) is 9.55 Å². The SMILES string of the molecule is CN(C(=O)C(Sc1ccccc1)c1ccccc1)c1c(N)n(Cc2ccccc2)c(=O)[nH]c1=O. The van der Waals surface area contributed by atoms with E-state index in [0.29, 0.717) is 0 Å². The number of hydrogen-bond donors (Lipinski definition) is 2. The molecule has 0 saturated heterocycles. The smallest absolute Gasteiger partial charge is 0.330 e. The lowest BCUT2D eigenvalue weighted by atomic mass is 10.1. The number of carbonyl (C=O) groups excluding carboxylic acids is 1. The zero-order valence-corrected chi connectivity index (χ0v) is 19.4. The first kappa shape index (κ1) is 23.1. The van der Waals surface area contributed by atoms with Crippen molar-refractivity contribution in [2.75, 3.05) is 17.7 Å². The fourth-order valence-corrected chi connectivity index (χ4v) is 4.77. The van der Waals surface area contributed by atoms with Crippen LogP contribution in [0.3, 0.4) is 0 Å². The van der Waals surface area contributed by atoms with Gasteiger partial charge in [-0.3, -0.25) is 19.1 Å². The highest BCUT2D eigenvalue weighted by Crippen LogP contribution is 2.37. The number of rotatable bonds is 7. The van der Waals surface area contributed by atoms with Gasteiger partial charge < -0.3 is 10.6 Å². The molecule has 8 heteroatoms.